The third-order valence-electron chi connectivity index (χ3n) is 5.99. The molecule has 0 radical (unpaired) electrons. The Morgan fingerprint density at radius 1 is 1.00 bits per heavy atom. The number of hydrogen-bond acceptors (Lipinski definition) is 5. The average Bonchev–Trinajstić information content (AvgIpc) is 3.41. The van der Waals surface area contributed by atoms with Crippen molar-refractivity contribution >= 4 is 11.6 Å². The fourth-order valence-corrected chi connectivity index (χ4v) is 4.19. The molecular weight excluding hydrogens is 390 g/mol. The number of nitrogens with zero attached hydrogens (tertiary/aromatic N) is 5. The Balaban J connectivity index is 1.36. The van der Waals surface area contributed by atoms with Crippen LogP contribution < -0.4 is 11.1 Å². The highest BCUT2D eigenvalue weighted by molar-refractivity contribution is 5.95. The summed E-state index contributed by atoms with van der Waals surface area (Å²) in [6, 6.07) is 7.64. The Morgan fingerprint density at radius 2 is 1.77 bits per heavy atom. The van der Waals surface area contributed by atoms with Crippen LogP contribution in [0.15, 0.2) is 55.2 Å². The lowest BCUT2D eigenvalue weighted by atomic mass is 9.91. The highest BCUT2D eigenvalue weighted by Crippen LogP contribution is 2.26. The largest absolute Gasteiger partial charge is 0.348 e. The smallest absolute Gasteiger partial charge is 0.251 e. The number of nitrogens with one attached hydrogen (secondary N) is 1. The summed E-state index contributed by atoms with van der Waals surface area (Å²) in [5, 5.41) is 11.8. The van der Waals surface area contributed by atoms with Crippen LogP contribution in [0, 0.1) is 0 Å². The zero-order valence-electron chi connectivity index (χ0n) is 17.4. The van der Waals surface area contributed by atoms with Gasteiger partial charge in [0.1, 0.15) is 0 Å². The molecule has 5 rings (SSSR count). The number of rotatable bonds is 4. The summed E-state index contributed by atoms with van der Waals surface area (Å²) >= 11 is 0. The highest BCUT2D eigenvalue weighted by Gasteiger charge is 2.23. The summed E-state index contributed by atoms with van der Waals surface area (Å²) < 4.78 is 3.52. The molecule has 3 N–H and O–H groups in total. The molecule has 1 aliphatic rings. The summed E-state index contributed by atoms with van der Waals surface area (Å²) in [4.78, 5) is 17.3. The lowest BCUT2D eigenvalue weighted by molar-refractivity contribution is 0.0921. The van der Waals surface area contributed by atoms with E-state index < -0.39 is 0 Å². The van der Waals surface area contributed by atoms with Gasteiger partial charge >= 0.3 is 0 Å². The predicted molar refractivity (Wildman–Crippen MR) is 118 cm³/mol. The van der Waals surface area contributed by atoms with Gasteiger partial charge in [-0.3, -0.25) is 9.48 Å². The number of hydrogen-bond donors (Lipinski definition) is 2. The quantitative estimate of drug-likeness (QED) is 0.533. The molecule has 1 saturated carbocycles. The van der Waals surface area contributed by atoms with Crippen LogP contribution in [0.3, 0.4) is 0 Å². The van der Waals surface area contributed by atoms with E-state index in [0.717, 1.165) is 53.6 Å². The number of benzene rings is 1. The fraction of sp³-hybridized carbons (Fsp3) is 0.304. The van der Waals surface area contributed by atoms with E-state index in [4.69, 9.17) is 5.73 Å². The first-order valence-corrected chi connectivity index (χ1v) is 10.6. The van der Waals surface area contributed by atoms with Gasteiger partial charge in [0, 0.05) is 60.0 Å². The maximum atomic E-state index is 12.6. The summed E-state index contributed by atoms with van der Waals surface area (Å²) in [7, 11) is 1.88. The van der Waals surface area contributed by atoms with Gasteiger partial charge in [0.25, 0.3) is 5.91 Å². The Bertz CT molecular complexity index is 1220. The first-order chi connectivity index (χ1) is 15.1. The molecule has 0 saturated heterocycles. The number of amides is 1. The molecule has 1 aromatic carbocycles. The van der Waals surface area contributed by atoms with Crippen LogP contribution in [0.2, 0.25) is 0 Å². The van der Waals surface area contributed by atoms with Crippen molar-refractivity contribution in [2.45, 2.75) is 37.8 Å². The van der Waals surface area contributed by atoms with Gasteiger partial charge in [-0.25, -0.2) is 9.50 Å². The first-order valence-electron chi connectivity index (χ1n) is 10.6. The normalized spacial score (nSPS) is 18.9. The Kier molecular flexibility index (Phi) is 4.99. The van der Waals surface area contributed by atoms with E-state index in [1.807, 2.05) is 49.9 Å². The molecule has 0 bridgehead atoms. The summed E-state index contributed by atoms with van der Waals surface area (Å²) in [5.74, 6) is -0.0759. The van der Waals surface area contributed by atoms with Crippen LogP contribution >= 0.6 is 0 Å². The second-order valence-electron chi connectivity index (χ2n) is 8.18. The predicted octanol–water partition coefficient (Wildman–Crippen LogP) is 2.80. The minimum atomic E-state index is -0.0759. The molecule has 1 amide bonds. The standard InChI is InChI=1S/C23H25N7O/c1-29-13-18(11-26-29)17-10-25-22-19(12-27-30(22)14-17)15-6-8-16(9-7-15)23(31)28-21-5-3-2-4-20(21)24/h6-14,20-21H,2-5,24H2,1H3,(H,28,31). The molecule has 31 heavy (non-hydrogen) atoms. The molecule has 8 heteroatoms. The highest BCUT2D eigenvalue weighted by atomic mass is 16.1. The molecular formula is C23H25N7O. The van der Waals surface area contributed by atoms with Crippen LogP contribution in [-0.2, 0) is 7.05 Å². The van der Waals surface area contributed by atoms with Crippen LogP contribution in [0.4, 0.5) is 0 Å². The van der Waals surface area contributed by atoms with Crippen LogP contribution in [0.25, 0.3) is 27.9 Å². The molecule has 0 spiro atoms. The maximum Gasteiger partial charge on any atom is 0.251 e. The van der Waals surface area contributed by atoms with Crippen LogP contribution in [0.1, 0.15) is 36.0 Å². The number of nitrogens with two attached hydrogens (primary N) is 1. The third-order valence-corrected chi connectivity index (χ3v) is 5.99. The fourth-order valence-electron chi connectivity index (χ4n) is 4.19. The van der Waals surface area contributed by atoms with E-state index in [1.54, 1.807) is 21.6 Å². The molecule has 1 aliphatic carbocycles. The number of fused-ring (bicyclic) bond motifs is 1. The minimum Gasteiger partial charge on any atom is -0.348 e. The topological polar surface area (TPSA) is 103 Å². The lowest BCUT2D eigenvalue weighted by Crippen LogP contribution is -2.49. The Labute approximate surface area is 180 Å². The molecule has 2 atom stereocenters. The number of carbonyl (C=O) groups is 1. The number of aromatic nitrogens is 5. The molecule has 0 aliphatic heterocycles. The lowest BCUT2D eigenvalue weighted by Gasteiger charge is -2.29. The molecule has 3 heterocycles. The summed E-state index contributed by atoms with van der Waals surface area (Å²) in [6.07, 6.45) is 13.5. The number of carbonyl (C=O) groups excluding carboxylic acids is 1. The first kappa shape index (κ1) is 19.4. The molecule has 4 aromatic rings. The SMILES string of the molecule is Cn1cc(-c2cnc3c(-c4ccc(C(=O)NC5CCCCC5N)cc4)cnn3c2)cn1. The van der Waals surface area contributed by atoms with Crippen molar-refractivity contribution in [1.29, 1.82) is 0 Å². The maximum absolute atomic E-state index is 12.6. The van der Waals surface area contributed by atoms with Gasteiger partial charge in [-0.15, -0.1) is 0 Å². The second kappa shape index (κ2) is 7.96. The van der Waals surface area contributed by atoms with E-state index in [9.17, 15) is 4.79 Å². The van der Waals surface area contributed by atoms with Crippen molar-refractivity contribution in [2.24, 2.45) is 12.8 Å². The minimum absolute atomic E-state index is 0.0402. The molecule has 3 aromatic heterocycles. The molecule has 158 valence electrons. The van der Waals surface area contributed by atoms with E-state index in [0.29, 0.717) is 5.56 Å². The zero-order valence-corrected chi connectivity index (χ0v) is 17.4. The van der Waals surface area contributed by atoms with E-state index in [-0.39, 0.29) is 18.0 Å². The third kappa shape index (κ3) is 3.82. The van der Waals surface area contributed by atoms with Crippen molar-refractivity contribution in [3.63, 3.8) is 0 Å². The summed E-state index contributed by atoms with van der Waals surface area (Å²) in [6.45, 7) is 0. The van der Waals surface area contributed by atoms with Gasteiger partial charge in [0.2, 0.25) is 0 Å². The van der Waals surface area contributed by atoms with Gasteiger partial charge in [0.15, 0.2) is 5.65 Å². The van der Waals surface area contributed by atoms with Crippen LogP contribution in [-0.4, -0.2) is 42.4 Å². The zero-order chi connectivity index (χ0) is 21.4. The molecule has 2 unspecified atom stereocenters. The van der Waals surface area contributed by atoms with Gasteiger partial charge < -0.3 is 11.1 Å². The van der Waals surface area contributed by atoms with Crippen molar-refractivity contribution < 1.29 is 4.79 Å². The Hall–Kier alpha value is -3.52. The Morgan fingerprint density at radius 3 is 2.52 bits per heavy atom. The van der Waals surface area contributed by atoms with Crippen molar-refractivity contribution in [2.75, 3.05) is 0 Å². The van der Waals surface area contributed by atoms with Gasteiger partial charge in [-0.2, -0.15) is 10.2 Å². The monoisotopic (exact) mass is 415 g/mol. The van der Waals surface area contributed by atoms with E-state index in [2.05, 4.69) is 20.5 Å². The second-order valence-corrected chi connectivity index (χ2v) is 8.18. The van der Waals surface area contributed by atoms with Gasteiger partial charge in [-0.1, -0.05) is 25.0 Å². The van der Waals surface area contributed by atoms with Crippen LogP contribution in [0.5, 0.6) is 0 Å². The summed E-state index contributed by atoms with van der Waals surface area (Å²) in [5.41, 5.74) is 11.4. The van der Waals surface area contributed by atoms with Gasteiger partial charge in [-0.05, 0) is 30.5 Å². The molecule has 1 fully saturated rings. The molecule has 8 nitrogen and oxygen atoms in total. The van der Waals surface area contributed by atoms with E-state index >= 15 is 0 Å². The average molecular weight is 416 g/mol. The van der Waals surface area contributed by atoms with E-state index in [1.165, 1.54) is 0 Å². The van der Waals surface area contributed by atoms with Crippen molar-refractivity contribution in [1.82, 2.24) is 29.7 Å². The van der Waals surface area contributed by atoms with Crippen molar-refractivity contribution in [3.05, 3.63) is 60.8 Å². The van der Waals surface area contributed by atoms with Crippen molar-refractivity contribution in [3.8, 4) is 22.3 Å². The van der Waals surface area contributed by atoms with Gasteiger partial charge in [0.05, 0.1) is 12.4 Å². The number of aryl methyl sites for hydroxylation is 1.